The minimum absolute atomic E-state index is 0.0384. The van der Waals surface area contributed by atoms with Crippen LogP contribution in [0.1, 0.15) is 64.0 Å². The molecule has 17 heteroatoms. The van der Waals surface area contributed by atoms with Crippen molar-refractivity contribution in [2.45, 2.75) is 64.3 Å². The number of ether oxygens (including phenoxy) is 1. The van der Waals surface area contributed by atoms with Crippen LogP contribution in [0.3, 0.4) is 0 Å². The number of amides is 3. The molecule has 16 nitrogen and oxygen atoms in total. The highest BCUT2D eigenvalue weighted by Crippen LogP contribution is 2.41. The van der Waals surface area contributed by atoms with Crippen molar-refractivity contribution in [2.24, 2.45) is 19.5 Å². The van der Waals surface area contributed by atoms with E-state index >= 15 is 0 Å². The van der Waals surface area contributed by atoms with Gasteiger partial charge < -0.3 is 25.6 Å². The monoisotopic (exact) mass is 783 g/mol. The summed E-state index contributed by atoms with van der Waals surface area (Å²) in [5.74, 6) is -0.268. The minimum Gasteiger partial charge on any atom is -0.478 e. The number of hydrogen-bond donors (Lipinski definition) is 4. The molecule has 5 aromatic rings. The number of hydrogen-bond acceptors (Lipinski definition) is 12. The maximum Gasteiger partial charge on any atom is 0.294 e. The van der Waals surface area contributed by atoms with Gasteiger partial charge in [0, 0.05) is 68.6 Å². The van der Waals surface area contributed by atoms with Crippen LogP contribution in [0.5, 0.6) is 5.75 Å². The van der Waals surface area contributed by atoms with E-state index in [0.717, 1.165) is 55.4 Å². The topological polar surface area (TPSA) is 190 Å². The molecule has 7 rings (SSSR count). The van der Waals surface area contributed by atoms with Crippen molar-refractivity contribution in [3.63, 3.8) is 0 Å². The second kappa shape index (κ2) is 15.8. The SMILES string of the molecule is CC[C@@H](CCC1(CC)CN(c2ncc(Cl)c(Nc3cnc4c(c3)cc(OCC(=O)NC)c(=O)n4C)n2)C1)Nc1ccc2c(C3CCC(=O)NC3=O)nn(C)c2c1. The predicted octanol–water partition coefficient (Wildman–Crippen LogP) is 4.54. The number of anilines is 4. The van der Waals surface area contributed by atoms with Gasteiger partial charge in [0.15, 0.2) is 18.2 Å². The second-order valence-electron chi connectivity index (χ2n) is 14.7. The Morgan fingerprint density at radius 2 is 1.89 bits per heavy atom. The highest BCUT2D eigenvalue weighted by Gasteiger charge is 2.42. The number of pyridine rings is 2. The van der Waals surface area contributed by atoms with E-state index in [-0.39, 0.29) is 41.5 Å². The van der Waals surface area contributed by atoms with Crippen LogP contribution in [0.15, 0.2) is 47.5 Å². The average molecular weight is 784 g/mol. The molecular weight excluding hydrogens is 738 g/mol. The van der Waals surface area contributed by atoms with Gasteiger partial charge in [-0.1, -0.05) is 25.4 Å². The Morgan fingerprint density at radius 1 is 1.09 bits per heavy atom. The van der Waals surface area contributed by atoms with E-state index in [4.69, 9.17) is 21.3 Å². The van der Waals surface area contributed by atoms with Crippen molar-refractivity contribution in [3.05, 3.63) is 63.8 Å². The highest BCUT2D eigenvalue weighted by molar-refractivity contribution is 6.33. The van der Waals surface area contributed by atoms with Gasteiger partial charge >= 0.3 is 0 Å². The van der Waals surface area contributed by atoms with Crippen LogP contribution in [-0.2, 0) is 28.5 Å². The molecule has 2 aliphatic rings. The van der Waals surface area contributed by atoms with Crippen LogP contribution in [-0.4, -0.2) is 79.8 Å². The fourth-order valence-electron chi connectivity index (χ4n) is 7.59. The third-order valence-corrected chi connectivity index (χ3v) is 11.3. The number of likely N-dealkylation sites (N-methyl/N-ethyl adjacent to an activating group) is 1. The normalized spacial score (nSPS) is 17.0. The number of benzene rings is 1. The molecule has 2 aliphatic heterocycles. The Kier molecular flexibility index (Phi) is 10.8. The zero-order chi connectivity index (χ0) is 39.7. The molecule has 0 radical (unpaired) electrons. The molecule has 56 heavy (non-hydrogen) atoms. The minimum atomic E-state index is -0.439. The van der Waals surface area contributed by atoms with Gasteiger partial charge in [-0.05, 0) is 62.4 Å². The van der Waals surface area contributed by atoms with Gasteiger partial charge in [-0.3, -0.25) is 33.7 Å². The van der Waals surface area contributed by atoms with E-state index in [1.54, 1.807) is 25.5 Å². The Labute approximate surface area is 328 Å². The second-order valence-corrected chi connectivity index (χ2v) is 15.1. The molecular formula is C39H46ClN11O5. The van der Waals surface area contributed by atoms with E-state index in [2.05, 4.69) is 61.1 Å². The third-order valence-electron chi connectivity index (χ3n) is 11.1. The van der Waals surface area contributed by atoms with E-state index in [1.807, 2.05) is 29.9 Å². The van der Waals surface area contributed by atoms with Crippen LogP contribution >= 0.6 is 11.6 Å². The Hall–Kier alpha value is -5.77. The number of carbonyl (C=O) groups excluding carboxylic acids is 3. The number of nitrogens with zero attached hydrogens (tertiary/aromatic N) is 7. The third kappa shape index (κ3) is 7.70. The molecule has 0 aliphatic carbocycles. The maximum atomic E-state index is 12.8. The lowest BCUT2D eigenvalue weighted by molar-refractivity contribution is -0.134. The lowest BCUT2D eigenvalue weighted by Crippen LogP contribution is -2.57. The van der Waals surface area contributed by atoms with E-state index in [9.17, 15) is 19.2 Å². The molecule has 2 atom stereocenters. The van der Waals surface area contributed by atoms with Gasteiger partial charge in [0.1, 0.15) is 10.7 Å². The number of imide groups is 1. The summed E-state index contributed by atoms with van der Waals surface area (Å²) in [7, 11) is 4.97. The van der Waals surface area contributed by atoms with Gasteiger partial charge in [-0.25, -0.2) is 9.97 Å². The maximum absolute atomic E-state index is 12.8. The first-order chi connectivity index (χ1) is 26.9. The van der Waals surface area contributed by atoms with Crippen LogP contribution in [0.25, 0.3) is 21.9 Å². The summed E-state index contributed by atoms with van der Waals surface area (Å²) < 4.78 is 8.66. The summed E-state index contributed by atoms with van der Waals surface area (Å²) in [6.45, 7) is 5.77. The highest BCUT2D eigenvalue weighted by atomic mass is 35.5. The zero-order valence-corrected chi connectivity index (χ0v) is 32.9. The van der Waals surface area contributed by atoms with E-state index in [0.29, 0.717) is 52.0 Å². The van der Waals surface area contributed by atoms with Crippen molar-refractivity contribution < 1.29 is 19.1 Å². The first-order valence-corrected chi connectivity index (χ1v) is 19.2. The lowest BCUT2D eigenvalue weighted by Gasteiger charge is -2.50. The number of aromatic nitrogens is 6. The lowest BCUT2D eigenvalue weighted by atomic mass is 9.73. The van der Waals surface area contributed by atoms with Gasteiger partial charge in [-0.15, -0.1) is 0 Å². The molecule has 0 spiro atoms. The fourth-order valence-corrected chi connectivity index (χ4v) is 7.73. The molecule has 294 valence electrons. The van der Waals surface area contributed by atoms with Crippen LogP contribution in [0.2, 0.25) is 5.02 Å². The molecule has 0 bridgehead atoms. The number of nitrogens with one attached hydrogen (secondary N) is 4. The number of fused-ring (bicyclic) bond motifs is 2. The largest absolute Gasteiger partial charge is 0.478 e. The van der Waals surface area contributed by atoms with Gasteiger partial charge in [0.05, 0.1) is 35.2 Å². The summed E-state index contributed by atoms with van der Waals surface area (Å²) in [6, 6.07) is 9.78. The molecule has 2 saturated heterocycles. The predicted molar refractivity (Wildman–Crippen MR) is 215 cm³/mol. The smallest absolute Gasteiger partial charge is 0.294 e. The summed E-state index contributed by atoms with van der Waals surface area (Å²) in [5.41, 5.74) is 3.41. The molecule has 1 aromatic carbocycles. The number of rotatable bonds is 14. The zero-order valence-electron chi connectivity index (χ0n) is 32.1. The van der Waals surface area contributed by atoms with Crippen molar-refractivity contribution in [3.8, 4) is 5.75 Å². The van der Waals surface area contributed by atoms with E-state index < -0.39 is 11.5 Å². The van der Waals surface area contributed by atoms with Crippen LogP contribution < -0.4 is 36.5 Å². The Morgan fingerprint density at radius 3 is 2.62 bits per heavy atom. The summed E-state index contributed by atoms with van der Waals surface area (Å²) in [6.07, 6.45) is 7.94. The Balaban J connectivity index is 0.988. The molecule has 4 aromatic heterocycles. The van der Waals surface area contributed by atoms with Crippen molar-refractivity contribution in [1.29, 1.82) is 0 Å². The molecule has 2 fully saturated rings. The Bertz CT molecular complexity index is 2390. The number of carbonyl (C=O) groups is 3. The van der Waals surface area contributed by atoms with Gasteiger partial charge in [0.25, 0.3) is 11.5 Å². The van der Waals surface area contributed by atoms with Crippen LogP contribution in [0.4, 0.5) is 23.1 Å². The quantitative estimate of drug-likeness (QED) is 0.115. The van der Waals surface area contributed by atoms with Crippen LogP contribution in [0, 0.1) is 5.41 Å². The van der Waals surface area contributed by atoms with Crippen molar-refractivity contribution in [1.82, 2.24) is 39.9 Å². The molecule has 6 heterocycles. The van der Waals surface area contributed by atoms with Gasteiger partial charge in [-0.2, -0.15) is 10.1 Å². The summed E-state index contributed by atoms with van der Waals surface area (Å²) >= 11 is 6.56. The first-order valence-electron chi connectivity index (χ1n) is 18.9. The summed E-state index contributed by atoms with van der Waals surface area (Å²) in [4.78, 5) is 64.7. The molecule has 0 saturated carbocycles. The van der Waals surface area contributed by atoms with Gasteiger partial charge in [0.2, 0.25) is 17.8 Å². The first kappa shape index (κ1) is 38.5. The van der Waals surface area contributed by atoms with Crippen molar-refractivity contribution in [2.75, 3.05) is 42.3 Å². The molecule has 1 unspecified atom stereocenters. The number of halogens is 1. The number of piperidine rings is 1. The average Bonchev–Trinajstić information content (AvgIpc) is 3.50. The van der Waals surface area contributed by atoms with E-state index in [1.165, 1.54) is 11.6 Å². The standard InChI is InChI=1S/C39H46ClN11O5/c1-6-23(44-24-8-9-26-29(16-24)50(5)48-33(26)27-10-11-31(52)46-36(27)54)12-13-39(7-2)20-51(21-39)38-43-18-28(40)34(47-38)45-25-14-22-15-30(56-19-32(53)41-3)37(55)49(4)35(22)42-17-25/h8-9,14-18,23,27,44H,6-7,10-13,19-21H2,1-5H3,(H,41,53)(H,43,45,47)(H,46,52,54)/t23-,27?/m0/s1. The fraction of sp³-hybridized carbons (Fsp3) is 0.436. The molecule has 3 amide bonds. The summed E-state index contributed by atoms with van der Waals surface area (Å²) in [5, 5.41) is 18.5. The molecule has 4 N–H and O–H groups in total. The number of aryl methyl sites for hydroxylation is 2. The van der Waals surface area contributed by atoms with Crippen molar-refractivity contribution >= 4 is 74.4 Å².